The number of fused-ring (bicyclic) bond motifs is 3. The molecule has 0 saturated carbocycles. The van der Waals surface area contributed by atoms with E-state index >= 15 is 0 Å². The Hall–Kier alpha value is -4.34. The quantitative estimate of drug-likeness (QED) is 0.294. The molecule has 0 saturated heterocycles. The Morgan fingerprint density at radius 2 is 1.15 bits per heavy atom. The topological polar surface area (TPSA) is 52.5 Å². The van der Waals surface area contributed by atoms with Gasteiger partial charge >= 0.3 is 0 Å². The number of nitriles is 2. The van der Waals surface area contributed by atoms with E-state index in [4.69, 9.17) is 0 Å². The smallest absolute Gasteiger partial charge is 0.0991 e. The maximum atomic E-state index is 9.49. The summed E-state index contributed by atoms with van der Waals surface area (Å²) in [4.78, 5) is 0. The molecule has 1 heterocycles. The van der Waals surface area contributed by atoms with E-state index in [0.29, 0.717) is 11.1 Å². The molecule has 1 aromatic heterocycles. The van der Waals surface area contributed by atoms with E-state index in [1.165, 1.54) is 11.1 Å². The van der Waals surface area contributed by atoms with Gasteiger partial charge in [-0.25, -0.2) is 0 Å². The van der Waals surface area contributed by atoms with Crippen molar-refractivity contribution in [3.63, 3.8) is 0 Å². The summed E-state index contributed by atoms with van der Waals surface area (Å²) in [5, 5.41) is 20.8. The van der Waals surface area contributed by atoms with Gasteiger partial charge in [0.25, 0.3) is 0 Å². The first-order valence-corrected chi connectivity index (χ1v) is 11.0. The molecule has 0 radical (unpaired) electrons. The van der Waals surface area contributed by atoms with Crippen LogP contribution in [-0.2, 0) is 5.41 Å². The van der Waals surface area contributed by atoms with E-state index in [-0.39, 0.29) is 5.41 Å². The number of aromatic nitrogens is 1. The van der Waals surface area contributed by atoms with Crippen LogP contribution in [0.1, 0.15) is 37.5 Å². The lowest BCUT2D eigenvalue weighted by Gasteiger charge is -2.19. The second-order valence-corrected chi connectivity index (χ2v) is 9.40. The molecule has 158 valence electrons. The highest BCUT2D eigenvalue weighted by Gasteiger charge is 2.16. The molecule has 0 aliphatic rings. The van der Waals surface area contributed by atoms with E-state index in [2.05, 4.69) is 79.9 Å². The molecule has 0 amide bonds. The Kier molecular flexibility index (Phi) is 4.77. The lowest BCUT2D eigenvalue weighted by atomic mass is 9.86. The maximum absolute atomic E-state index is 9.49. The molecule has 5 aromatic rings. The van der Waals surface area contributed by atoms with Gasteiger partial charge < -0.3 is 4.57 Å². The molecule has 4 aromatic carbocycles. The fraction of sp³-hybridized carbons (Fsp3) is 0.133. The van der Waals surface area contributed by atoms with Gasteiger partial charge in [-0.1, -0.05) is 51.1 Å². The Morgan fingerprint density at radius 3 is 1.76 bits per heavy atom. The third-order valence-electron chi connectivity index (χ3n) is 6.23. The largest absolute Gasteiger partial charge is 0.309 e. The van der Waals surface area contributed by atoms with Gasteiger partial charge in [0.2, 0.25) is 0 Å². The standard InChI is InChI=1S/C30H23N3/c1-30(2,3)24-10-7-22(8-11-24)23-9-15-29-27(17-23)26-16-21(19-32)6-14-28(26)33(29)25-12-4-20(18-31)5-13-25/h4-17H,1-3H3. The van der Waals surface area contributed by atoms with Crippen LogP contribution in [0.3, 0.4) is 0 Å². The summed E-state index contributed by atoms with van der Waals surface area (Å²) in [6.07, 6.45) is 0. The predicted molar refractivity (Wildman–Crippen MR) is 134 cm³/mol. The number of hydrogen-bond acceptors (Lipinski definition) is 2. The summed E-state index contributed by atoms with van der Waals surface area (Å²) in [5.41, 5.74) is 8.10. The number of hydrogen-bond donors (Lipinski definition) is 0. The minimum atomic E-state index is 0.116. The Bertz CT molecular complexity index is 1580. The number of benzene rings is 4. The molecule has 0 atom stereocenters. The van der Waals surface area contributed by atoms with Gasteiger partial charge in [-0.15, -0.1) is 0 Å². The summed E-state index contributed by atoms with van der Waals surface area (Å²) in [7, 11) is 0. The molecule has 0 aliphatic carbocycles. The molecule has 5 rings (SSSR count). The minimum Gasteiger partial charge on any atom is -0.309 e. The Morgan fingerprint density at radius 1 is 0.606 bits per heavy atom. The van der Waals surface area contributed by atoms with Gasteiger partial charge in [-0.05, 0) is 76.7 Å². The van der Waals surface area contributed by atoms with Gasteiger partial charge in [0.1, 0.15) is 0 Å². The van der Waals surface area contributed by atoms with Gasteiger partial charge in [-0.2, -0.15) is 10.5 Å². The van der Waals surface area contributed by atoms with E-state index in [0.717, 1.165) is 33.1 Å². The lowest BCUT2D eigenvalue weighted by Crippen LogP contribution is -2.10. The Labute approximate surface area is 193 Å². The van der Waals surface area contributed by atoms with Crippen LogP contribution in [0.15, 0.2) is 84.9 Å². The maximum Gasteiger partial charge on any atom is 0.0991 e. The van der Waals surface area contributed by atoms with Crippen molar-refractivity contribution in [2.24, 2.45) is 0 Å². The fourth-order valence-corrected chi connectivity index (χ4v) is 4.40. The second kappa shape index (κ2) is 7.66. The Balaban J connectivity index is 1.74. The van der Waals surface area contributed by atoms with Crippen molar-refractivity contribution in [1.29, 1.82) is 10.5 Å². The minimum absolute atomic E-state index is 0.116. The molecule has 0 spiro atoms. The number of rotatable bonds is 2. The first kappa shape index (κ1) is 20.6. The van der Waals surface area contributed by atoms with Crippen molar-refractivity contribution in [2.45, 2.75) is 26.2 Å². The molecular formula is C30H23N3. The molecule has 0 bridgehead atoms. The van der Waals surface area contributed by atoms with Crippen molar-refractivity contribution in [1.82, 2.24) is 4.57 Å². The van der Waals surface area contributed by atoms with Gasteiger partial charge in [-0.3, -0.25) is 0 Å². The molecule has 3 heteroatoms. The highest BCUT2D eigenvalue weighted by atomic mass is 15.0. The van der Waals surface area contributed by atoms with Gasteiger partial charge in [0.15, 0.2) is 0 Å². The SMILES string of the molecule is CC(C)(C)c1ccc(-c2ccc3c(c2)c2cc(C#N)ccc2n3-c2ccc(C#N)cc2)cc1. The van der Waals surface area contributed by atoms with Crippen LogP contribution >= 0.6 is 0 Å². The molecule has 0 fully saturated rings. The second-order valence-electron chi connectivity index (χ2n) is 9.40. The summed E-state index contributed by atoms with van der Waals surface area (Å²) >= 11 is 0. The van der Waals surface area contributed by atoms with Crippen LogP contribution in [0.2, 0.25) is 0 Å². The summed E-state index contributed by atoms with van der Waals surface area (Å²) < 4.78 is 2.19. The first-order chi connectivity index (χ1) is 15.9. The van der Waals surface area contributed by atoms with E-state index in [9.17, 15) is 10.5 Å². The van der Waals surface area contributed by atoms with Crippen molar-refractivity contribution in [3.05, 3.63) is 102 Å². The zero-order valence-electron chi connectivity index (χ0n) is 18.9. The molecule has 0 aliphatic heterocycles. The molecule has 0 N–H and O–H groups in total. The monoisotopic (exact) mass is 425 g/mol. The molecule has 33 heavy (non-hydrogen) atoms. The van der Waals surface area contributed by atoms with Crippen molar-refractivity contribution in [3.8, 4) is 29.0 Å². The zero-order chi connectivity index (χ0) is 23.2. The van der Waals surface area contributed by atoms with Crippen LogP contribution in [0.4, 0.5) is 0 Å². The molecule has 0 unspecified atom stereocenters. The predicted octanol–water partition coefficient (Wildman–Crippen LogP) is 7.49. The normalized spacial score (nSPS) is 11.4. The van der Waals surface area contributed by atoms with Crippen LogP contribution in [0.25, 0.3) is 38.6 Å². The van der Waals surface area contributed by atoms with Crippen LogP contribution in [-0.4, -0.2) is 4.57 Å². The zero-order valence-corrected chi connectivity index (χ0v) is 18.9. The van der Waals surface area contributed by atoms with Crippen molar-refractivity contribution in [2.75, 3.05) is 0 Å². The van der Waals surface area contributed by atoms with E-state index in [1.807, 2.05) is 42.5 Å². The van der Waals surface area contributed by atoms with Crippen molar-refractivity contribution >= 4 is 21.8 Å². The van der Waals surface area contributed by atoms with Crippen molar-refractivity contribution < 1.29 is 0 Å². The third-order valence-corrected chi connectivity index (χ3v) is 6.23. The highest BCUT2D eigenvalue weighted by molar-refractivity contribution is 6.10. The first-order valence-electron chi connectivity index (χ1n) is 11.0. The molecule has 3 nitrogen and oxygen atoms in total. The third kappa shape index (κ3) is 3.55. The van der Waals surface area contributed by atoms with Crippen LogP contribution < -0.4 is 0 Å². The fourth-order valence-electron chi connectivity index (χ4n) is 4.40. The van der Waals surface area contributed by atoms with Gasteiger partial charge in [0.05, 0.1) is 34.3 Å². The summed E-state index contributed by atoms with van der Waals surface area (Å²) in [5.74, 6) is 0. The lowest BCUT2D eigenvalue weighted by molar-refractivity contribution is 0.590. The average Bonchev–Trinajstić information content (AvgIpc) is 3.16. The van der Waals surface area contributed by atoms with Crippen LogP contribution in [0, 0.1) is 22.7 Å². The average molecular weight is 426 g/mol. The molecular weight excluding hydrogens is 402 g/mol. The van der Waals surface area contributed by atoms with Gasteiger partial charge in [0, 0.05) is 16.5 Å². The summed E-state index contributed by atoms with van der Waals surface area (Å²) in [6.45, 7) is 6.66. The van der Waals surface area contributed by atoms with E-state index in [1.54, 1.807) is 0 Å². The number of nitrogens with zero attached hydrogens (tertiary/aromatic N) is 3. The van der Waals surface area contributed by atoms with E-state index < -0.39 is 0 Å². The van der Waals surface area contributed by atoms with Crippen LogP contribution in [0.5, 0.6) is 0 Å². The summed E-state index contributed by atoms with van der Waals surface area (Å²) in [6, 6.07) is 33.2. The highest BCUT2D eigenvalue weighted by Crippen LogP contribution is 2.36.